The van der Waals surface area contributed by atoms with Crippen molar-refractivity contribution in [2.75, 3.05) is 6.61 Å². The summed E-state index contributed by atoms with van der Waals surface area (Å²) in [4.78, 5) is 0. The molecule has 0 radical (unpaired) electrons. The quantitative estimate of drug-likeness (QED) is 0.767. The molecule has 13 heavy (non-hydrogen) atoms. The van der Waals surface area contributed by atoms with E-state index in [9.17, 15) is 0 Å². The van der Waals surface area contributed by atoms with Crippen molar-refractivity contribution in [3.05, 3.63) is 23.1 Å². The number of furan rings is 1. The van der Waals surface area contributed by atoms with Crippen molar-refractivity contribution >= 4 is 11.6 Å². The molecule has 0 aromatic carbocycles. The summed E-state index contributed by atoms with van der Waals surface area (Å²) in [6, 6.07) is 3.65. The number of hydrogen-bond donors (Lipinski definition) is 2. The van der Waals surface area contributed by atoms with Gasteiger partial charge in [0.1, 0.15) is 5.76 Å². The molecule has 0 aliphatic carbocycles. The van der Waals surface area contributed by atoms with Crippen LogP contribution in [0, 0.1) is 0 Å². The number of aliphatic hydroxyl groups is 1. The van der Waals surface area contributed by atoms with E-state index in [0.29, 0.717) is 11.8 Å². The first-order valence-electron chi connectivity index (χ1n) is 4.34. The highest BCUT2D eigenvalue weighted by molar-refractivity contribution is 6.28. The maximum atomic E-state index is 8.89. The van der Waals surface area contributed by atoms with Gasteiger partial charge in [0.2, 0.25) is 0 Å². The van der Waals surface area contributed by atoms with E-state index in [1.165, 1.54) is 0 Å². The second-order valence-electron chi connectivity index (χ2n) is 2.87. The zero-order valence-corrected chi connectivity index (χ0v) is 8.34. The second kappa shape index (κ2) is 5.27. The van der Waals surface area contributed by atoms with Crippen LogP contribution < -0.4 is 5.32 Å². The molecule has 1 aromatic rings. The van der Waals surface area contributed by atoms with Gasteiger partial charge >= 0.3 is 0 Å². The average Bonchev–Trinajstić information content (AvgIpc) is 2.53. The van der Waals surface area contributed by atoms with Gasteiger partial charge in [-0.2, -0.15) is 0 Å². The van der Waals surface area contributed by atoms with E-state index < -0.39 is 0 Å². The molecule has 3 nitrogen and oxygen atoms in total. The van der Waals surface area contributed by atoms with Gasteiger partial charge < -0.3 is 14.8 Å². The molecule has 4 heteroatoms. The van der Waals surface area contributed by atoms with Crippen LogP contribution in [0.3, 0.4) is 0 Å². The fraction of sp³-hybridized carbons (Fsp3) is 0.556. The first kappa shape index (κ1) is 10.6. The van der Waals surface area contributed by atoms with Gasteiger partial charge in [0.25, 0.3) is 0 Å². The monoisotopic (exact) mass is 203 g/mol. The standard InChI is InChI=1S/C9H14ClNO2/c1-2-7(6-12)11-5-8-3-4-9(10)13-8/h3-4,7,11-12H,2,5-6H2,1H3. The van der Waals surface area contributed by atoms with Crippen molar-refractivity contribution in [2.24, 2.45) is 0 Å². The maximum absolute atomic E-state index is 8.89. The van der Waals surface area contributed by atoms with Crippen molar-refractivity contribution in [1.82, 2.24) is 5.32 Å². The smallest absolute Gasteiger partial charge is 0.193 e. The number of hydrogen-bond acceptors (Lipinski definition) is 3. The predicted molar refractivity (Wildman–Crippen MR) is 51.7 cm³/mol. The van der Waals surface area contributed by atoms with Gasteiger partial charge in [-0.1, -0.05) is 6.92 Å². The Morgan fingerprint density at radius 2 is 2.38 bits per heavy atom. The van der Waals surface area contributed by atoms with Gasteiger partial charge in [0, 0.05) is 6.04 Å². The van der Waals surface area contributed by atoms with Gasteiger partial charge in [0.15, 0.2) is 5.22 Å². The van der Waals surface area contributed by atoms with Crippen molar-refractivity contribution in [1.29, 1.82) is 0 Å². The van der Waals surface area contributed by atoms with Gasteiger partial charge in [-0.25, -0.2) is 0 Å². The van der Waals surface area contributed by atoms with Crippen LogP contribution in [-0.4, -0.2) is 17.8 Å². The minimum absolute atomic E-state index is 0.129. The van der Waals surface area contributed by atoms with Crippen LogP contribution in [0.2, 0.25) is 5.22 Å². The average molecular weight is 204 g/mol. The summed E-state index contributed by atoms with van der Waals surface area (Å²) in [5.74, 6) is 0.789. The first-order valence-corrected chi connectivity index (χ1v) is 4.72. The lowest BCUT2D eigenvalue weighted by molar-refractivity contribution is 0.235. The van der Waals surface area contributed by atoms with Gasteiger partial charge in [0.05, 0.1) is 13.2 Å². The second-order valence-corrected chi connectivity index (χ2v) is 3.25. The highest BCUT2D eigenvalue weighted by atomic mass is 35.5. The number of rotatable bonds is 5. The lowest BCUT2D eigenvalue weighted by atomic mass is 10.2. The molecular weight excluding hydrogens is 190 g/mol. The molecule has 1 atom stereocenters. The third kappa shape index (κ3) is 3.38. The third-order valence-electron chi connectivity index (χ3n) is 1.91. The Morgan fingerprint density at radius 1 is 1.62 bits per heavy atom. The van der Waals surface area contributed by atoms with Gasteiger partial charge in [-0.05, 0) is 30.2 Å². The van der Waals surface area contributed by atoms with Crippen molar-refractivity contribution < 1.29 is 9.52 Å². The van der Waals surface area contributed by atoms with E-state index >= 15 is 0 Å². The summed E-state index contributed by atoms with van der Waals surface area (Å²) in [5, 5.41) is 12.4. The molecule has 0 aliphatic heterocycles. The van der Waals surface area contributed by atoms with Crippen LogP contribution >= 0.6 is 11.6 Å². The molecule has 0 bridgehead atoms. The van der Waals surface area contributed by atoms with Gasteiger partial charge in [-0.3, -0.25) is 0 Å². The Labute approximate surface area is 82.7 Å². The first-order chi connectivity index (χ1) is 6.26. The lowest BCUT2D eigenvalue weighted by Gasteiger charge is -2.11. The Balaban J connectivity index is 2.33. The largest absolute Gasteiger partial charge is 0.448 e. The summed E-state index contributed by atoms with van der Waals surface area (Å²) >= 11 is 5.60. The third-order valence-corrected chi connectivity index (χ3v) is 2.11. The summed E-state index contributed by atoms with van der Waals surface area (Å²) in [6.07, 6.45) is 0.894. The topological polar surface area (TPSA) is 45.4 Å². The van der Waals surface area contributed by atoms with E-state index in [4.69, 9.17) is 21.1 Å². The maximum Gasteiger partial charge on any atom is 0.193 e. The Bertz CT molecular complexity index is 246. The highest BCUT2D eigenvalue weighted by Crippen LogP contribution is 2.12. The lowest BCUT2D eigenvalue weighted by Crippen LogP contribution is -2.30. The number of halogens is 1. The molecule has 1 rings (SSSR count). The Hall–Kier alpha value is -0.510. The van der Waals surface area contributed by atoms with Crippen LogP contribution in [0.4, 0.5) is 0 Å². The van der Waals surface area contributed by atoms with E-state index in [0.717, 1.165) is 12.2 Å². The fourth-order valence-electron chi connectivity index (χ4n) is 1.03. The zero-order valence-electron chi connectivity index (χ0n) is 7.59. The molecule has 2 N–H and O–H groups in total. The van der Waals surface area contributed by atoms with Crippen molar-refractivity contribution in [3.8, 4) is 0 Å². The molecular formula is C9H14ClNO2. The molecule has 1 heterocycles. The summed E-state index contributed by atoms with van der Waals surface area (Å²) in [5.41, 5.74) is 0. The molecule has 1 unspecified atom stereocenters. The van der Waals surface area contributed by atoms with Crippen LogP contribution in [0.25, 0.3) is 0 Å². The van der Waals surface area contributed by atoms with E-state index in [-0.39, 0.29) is 12.6 Å². The summed E-state index contributed by atoms with van der Waals surface area (Å²) in [6.45, 7) is 2.76. The SMILES string of the molecule is CCC(CO)NCc1ccc(Cl)o1. The molecule has 0 saturated carbocycles. The minimum atomic E-state index is 0.129. The Morgan fingerprint density at radius 3 is 2.85 bits per heavy atom. The van der Waals surface area contributed by atoms with E-state index in [1.54, 1.807) is 6.07 Å². The normalized spacial score (nSPS) is 13.2. The van der Waals surface area contributed by atoms with Crippen molar-refractivity contribution in [2.45, 2.75) is 25.9 Å². The number of nitrogens with one attached hydrogen (secondary N) is 1. The van der Waals surface area contributed by atoms with Crippen LogP contribution in [0.15, 0.2) is 16.5 Å². The van der Waals surface area contributed by atoms with E-state index in [2.05, 4.69) is 5.32 Å². The molecule has 74 valence electrons. The van der Waals surface area contributed by atoms with Gasteiger partial charge in [-0.15, -0.1) is 0 Å². The summed E-state index contributed by atoms with van der Waals surface area (Å²) < 4.78 is 5.14. The molecule has 0 saturated heterocycles. The van der Waals surface area contributed by atoms with E-state index in [1.807, 2.05) is 13.0 Å². The fourth-order valence-corrected chi connectivity index (χ4v) is 1.19. The van der Waals surface area contributed by atoms with Crippen LogP contribution in [0.1, 0.15) is 19.1 Å². The summed E-state index contributed by atoms with van der Waals surface area (Å²) in [7, 11) is 0. The molecule has 0 fully saturated rings. The highest BCUT2D eigenvalue weighted by Gasteiger charge is 2.05. The van der Waals surface area contributed by atoms with Crippen molar-refractivity contribution in [3.63, 3.8) is 0 Å². The van der Waals surface area contributed by atoms with Crippen LogP contribution in [-0.2, 0) is 6.54 Å². The molecule has 1 aromatic heterocycles. The predicted octanol–water partition coefficient (Wildman–Crippen LogP) is 1.79. The number of aliphatic hydroxyl groups excluding tert-OH is 1. The molecule has 0 spiro atoms. The zero-order chi connectivity index (χ0) is 9.68. The minimum Gasteiger partial charge on any atom is -0.448 e. The Kier molecular flexibility index (Phi) is 4.28. The molecule has 0 aliphatic rings. The van der Waals surface area contributed by atoms with Crippen LogP contribution in [0.5, 0.6) is 0 Å². The molecule has 0 amide bonds.